The lowest BCUT2D eigenvalue weighted by molar-refractivity contribution is -0.399. The second-order valence-electron chi connectivity index (χ2n) is 4.60. The quantitative estimate of drug-likeness (QED) is 0.448. The number of ether oxygens (including phenoxy) is 1. The summed E-state index contributed by atoms with van der Waals surface area (Å²) in [4.78, 5) is 10.9. The van der Waals surface area contributed by atoms with Crippen molar-refractivity contribution < 1.29 is 54.2 Å². The fraction of sp³-hybridized carbons (Fsp3) is 0.727. The Morgan fingerprint density at radius 1 is 1.04 bits per heavy atom. The molecular formula is C11H11F9O3. The van der Waals surface area contributed by atoms with Gasteiger partial charge in [0.1, 0.15) is 6.61 Å². The van der Waals surface area contributed by atoms with Gasteiger partial charge in [0.15, 0.2) is 0 Å². The molecular weight excluding hydrogens is 351 g/mol. The van der Waals surface area contributed by atoms with Gasteiger partial charge in [-0.15, -0.1) is 0 Å². The maximum Gasteiger partial charge on any atom is 0.437 e. The molecule has 0 aliphatic rings. The Morgan fingerprint density at radius 2 is 1.43 bits per heavy atom. The van der Waals surface area contributed by atoms with Gasteiger partial charge in [0.2, 0.25) is 0 Å². The molecule has 0 aromatic rings. The molecule has 0 aliphatic heterocycles. The zero-order chi connectivity index (χ0) is 18.9. The Hall–Kier alpha value is -1.46. The third-order valence-corrected chi connectivity index (χ3v) is 2.53. The zero-order valence-corrected chi connectivity index (χ0v) is 11.4. The van der Waals surface area contributed by atoms with Gasteiger partial charge in [-0.2, -0.15) is 26.3 Å². The number of carbonyl (C=O) groups is 1. The van der Waals surface area contributed by atoms with E-state index < -0.39 is 49.0 Å². The summed E-state index contributed by atoms with van der Waals surface area (Å²) in [5, 5.41) is 9.02. The van der Waals surface area contributed by atoms with Gasteiger partial charge in [-0.3, -0.25) is 0 Å². The van der Waals surface area contributed by atoms with Gasteiger partial charge in [0, 0.05) is 12.0 Å². The predicted octanol–water partition coefficient (Wildman–Crippen LogP) is 3.32. The van der Waals surface area contributed by atoms with Crippen LogP contribution in [0.4, 0.5) is 39.5 Å². The minimum atomic E-state index is -6.98. The highest BCUT2D eigenvalue weighted by Crippen LogP contribution is 2.55. The van der Waals surface area contributed by atoms with Crippen molar-refractivity contribution in [1.82, 2.24) is 0 Å². The van der Waals surface area contributed by atoms with Crippen LogP contribution in [0.3, 0.4) is 0 Å². The summed E-state index contributed by atoms with van der Waals surface area (Å²) in [6.07, 6.45) is -19.2. The van der Waals surface area contributed by atoms with E-state index in [1.807, 2.05) is 0 Å². The average molecular weight is 362 g/mol. The van der Waals surface area contributed by atoms with E-state index in [1.165, 1.54) is 0 Å². The second kappa shape index (κ2) is 6.57. The molecule has 1 N–H and O–H groups in total. The van der Waals surface area contributed by atoms with Crippen molar-refractivity contribution in [2.24, 2.45) is 0 Å². The number of hydrogen-bond acceptors (Lipinski definition) is 3. The number of aliphatic hydroxyl groups excluding tert-OH is 1. The Kier molecular flexibility index (Phi) is 6.16. The maximum atomic E-state index is 13.3. The summed E-state index contributed by atoms with van der Waals surface area (Å²) in [7, 11) is 0. The summed E-state index contributed by atoms with van der Waals surface area (Å²) in [6, 6.07) is 0. The molecule has 3 nitrogen and oxygen atoms in total. The predicted molar refractivity (Wildman–Crippen MR) is 57.3 cm³/mol. The van der Waals surface area contributed by atoms with Crippen LogP contribution in [0, 0.1) is 0 Å². The highest BCUT2D eigenvalue weighted by molar-refractivity contribution is 5.86. The van der Waals surface area contributed by atoms with E-state index in [0.717, 1.165) is 6.92 Å². The van der Waals surface area contributed by atoms with E-state index >= 15 is 0 Å². The van der Waals surface area contributed by atoms with Gasteiger partial charge in [-0.05, 0) is 6.92 Å². The molecule has 136 valence electrons. The molecule has 1 atom stereocenters. The van der Waals surface area contributed by atoms with Crippen LogP contribution in [0.5, 0.6) is 0 Å². The molecule has 0 amide bonds. The third-order valence-electron chi connectivity index (χ3n) is 2.53. The van der Waals surface area contributed by atoms with Gasteiger partial charge < -0.3 is 9.84 Å². The zero-order valence-electron chi connectivity index (χ0n) is 11.4. The minimum absolute atomic E-state index is 0.269. The summed E-state index contributed by atoms with van der Waals surface area (Å²) in [5.41, 5.74) is -7.14. The standard InChI is InChI=1S/C11H11F9O3/c1-5(2)7(22)23-4-6(21)3-8(12,13)9(14,10(15,16)17)11(18,19)20/h6,21H,1,3-4H2,2H3. The van der Waals surface area contributed by atoms with Crippen LogP contribution >= 0.6 is 0 Å². The van der Waals surface area contributed by atoms with Crippen LogP contribution in [0.25, 0.3) is 0 Å². The molecule has 0 saturated carbocycles. The van der Waals surface area contributed by atoms with E-state index in [2.05, 4.69) is 11.3 Å². The molecule has 23 heavy (non-hydrogen) atoms. The number of alkyl halides is 9. The van der Waals surface area contributed by atoms with Crippen molar-refractivity contribution in [3.8, 4) is 0 Å². The van der Waals surface area contributed by atoms with Crippen molar-refractivity contribution in [3.05, 3.63) is 12.2 Å². The molecule has 0 saturated heterocycles. The molecule has 0 aliphatic carbocycles. The van der Waals surface area contributed by atoms with Crippen molar-refractivity contribution in [3.63, 3.8) is 0 Å². The molecule has 0 aromatic heterocycles. The van der Waals surface area contributed by atoms with Crippen LogP contribution in [0.2, 0.25) is 0 Å². The normalized spacial score (nSPS) is 15.3. The van der Waals surface area contributed by atoms with Crippen LogP contribution in [-0.4, -0.2) is 47.7 Å². The molecule has 0 heterocycles. The summed E-state index contributed by atoms with van der Waals surface area (Å²) < 4.78 is 117. The van der Waals surface area contributed by atoms with Gasteiger partial charge in [-0.1, -0.05) is 6.58 Å². The third kappa shape index (κ3) is 4.52. The molecule has 0 aromatic carbocycles. The van der Waals surface area contributed by atoms with E-state index in [0.29, 0.717) is 0 Å². The lowest BCUT2D eigenvalue weighted by Crippen LogP contribution is -2.65. The Labute approximate surface area is 123 Å². The number of hydrogen-bond donors (Lipinski definition) is 1. The van der Waals surface area contributed by atoms with Crippen molar-refractivity contribution in [2.75, 3.05) is 6.61 Å². The average Bonchev–Trinajstić information content (AvgIpc) is 2.31. The maximum absolute atomic E-state index is 13.3. The van der Waals surface area contributed by atoms with Crippen molar-refractivity contribution >= 4 is 5.97 Å². The van der Waals surface area contributed by atoms with Crippen LogP contribution in [0.15, 0.2) is 12.2 Å². The molecule has 0 spiro atoms. The highest BCUT2D eigenvalue weighted by atomic mass is 19.4. The summed E-state index contributed by atoms with van der Waals surface area (Å²) in [6.45, 7) is 2.78. The van der Waals surface area contributed by atoms with Gasteiger partial charge in [0.25, 0.3) is 0 Å². The number of aliphatic hydroxyl groups is 1. The van der Waals surface area contributed by atoms with Crippen LogP contribution in [0.1, 0.15) is 13.3 Å². The SMILES string of the molecule is C=C(C)C(=O)OCC(O)CC(F)(F)C(F)(C(F)(F)F)C(F)(F)F. The molecule has 12 heteroatoms. The number of rotatable bonds is 6. The first kappa shape index (κ1) is 21.5. The Bertz CT molecular complexity index is 439. The fourth-order valence-electron chi connectivity index (χ4n) is 1.37. The van der Waals surface area contributed by atoms with Crippen LogP contribution in [-0.2, 0) is 9.53 Å². The molecule has 0 bridgehead atoms. The summed E-state index contributed by atoms with van der Waals surface area (Å²) in [5.74, 6) is -7.29. The monoisotopic (exact) mass is 362 g/mol. The Morgan fingerprint density at radius 3 is 1.74 bits per heavy atom. The van der Waals surface area contributed by atoms with Gasteiger partial charge in [0.05, 0.1) is 6.10 Å². The largest absolute Gasteiger partial charge is 0.460 e. The van der Waals surface area contributed by atoms with E-state index in [9.17, 15) is 44.3 Å². The first-order chi connectivity index (χ1) is 9.97. The smallest absolute Gasteiger partial charge is 0.437 e. The molecule has 1 unspecified atom stereocenters. The highest BCUT2D eigenvalue weighted by Gasteiger charge is 2.84. The van der Waals surface area contributed by atoms with Crippen molar-refractivity contribution in [2.45, 2.75) is 43.4 Å². The lowest BCUT2D eigenvalue weighted by atomic mass is 9.91. The Balaban J connectivity index is 5.29. The molecule has 0 fully saturated rings. The number of carbonyl (C=O) groups excluding carboxylic acids is 1. The van der Waals surface area contributed by atoms with Crippen molar-refractivity contribution in [1.29, 1.82) is 0 Å². The number of halogens is 9. The summed E-state index contributed by atoms with van der Waals surface area (Å²) >= 11 is 0. The topological polar surface area (TPSA) is 46.5 Å². The first-order valence-electron chi connectivity index (χ1n) is 5.68. The first-order valence-corrected chi connectivity index (χ1v) is 5.68. The van der Waals surface area contributed by atoms with E-state index in [4.69, 9.17) is 5.11 Å². The van der Waals surface area contributed by atoms with Gasteiger partial charge in [-0.25, -0.2) is 18.0 Å². The lowest BCUT2D eigenvalue weighted by Gasteiger charge is -2.36. The molecule has 0 radical (unpaired) electrons. The van der Waals surface area contributed by atoms with Crippen LogP contribution < -0.4 is 0 Å². The fourth-order valence-corrected chi connectivity index (χ4v) is 1.37. The van der Waals surface area contributed by atoms with E-state index in [1.54, 1.807) is 0 Å². The second-order valence-corrected chi connectivity index (χ2v) is 4.60. The minimum Gasteiger partial charge on any atom is -0.460 e. The molecule has 0 rings (SSSR count). The van der Waals surface area contributed by atoms with Gasteiger partial charge >= 0.3 is 29.9 Å². The number of esters is 1. The van der Waals surface area contributed by atoms with E-state index in [-0.39, 0.29) is 5.57 Å².